The van der Waals surface area contributed by atoms with Gasteiger partial charge in [-0.3, -0.25) is 9.09 Å². The molecule has 0 spiro atoms. The van der Waals surface area contributed by atoms with Crippen molar-refractivity contribution < 1.29 is 73.3 Å². The van der Waals surface area contributed by atoms with Crippen LogP contribution in [0.5, 0.6) is 0 Å². The highest BCUT2D eigenvalue weighted by Gasteiger charge is 2.46. The van der Waals surface area contributed by atoms with E-state index in [-0.39, 0.29) is 17.0 Å². The lowest BCUT2D eigenvalue weighted by molar-refractivity contribution is -0.181. The van der Waals surface area contributed by atoms with Crippen LogP contribution in [0.1, 0.15) is 13.2 Å². The molecule has 234 valence electrons. The molecule has 2 aromatic heterocycles. The van der Waals surface area contributed by atoms with Gasteiger partial charge in [0, 0.05) is 5.92 Å². The van der Waals surface area contributed by atoms with Crippen molar-refractivity contribution >= 4 is 43.3 Å². The molecule has 1 aliphatic rings. The van der Waals surface area contributed by atoms with Gasteiger partial charge in [0.25, 0.3) is 0 Å². The number of aliphatic hydroxyl groups is 8. The lowest BCUT2D eigenvalue weighted by Gasteiger charge is -2.31. The molecule has 0 aliphatic carbocycles. The normalized spacial score (nSPS) is 28.9. The molecular weight excluding hydrogens is 620 g/mol. The second kappa shape index (κ2) is 13.5. The van der Waals surface area contributed by atoms with Gasteiger partial charge in [0.15, 0.2) is 24.0 Å². The van der Waals surface area contributed by atoms with E-state index in [1.165, 1.54) is 17.8 Å². The van der Waals surface area contributed by atoms with Gasteiger partial charge in [0.2, 0.25) is 0 Å². The van der Waals surface area contributed by atoms with Crippen LogP contribution in [0.15, 0.2) is 12.7 Å². The first-order valence-electron chi connectivity index (χ1n) is 11.6. The van der Waals surface area contributed by atoms with Crippen molar-refractivity contribution in [2.75, 3.05) is 18.9 Å². The number of nitrogen functional groups attached to an aromatic ring is 1. The number of phosphoric ester groups is 1. The first kappa shape index (κ1) is 34.2. The Morgan fingerprint density at radius 1 is 1.10 bits per heavy atom. The molecule has 12 N–H and O–H groups in total. The Morgan fingerprint density at radius 2 is 1.76 bits per heavy atom. The van der Waals surface area contributed by atoms with Gasteiger partial charge in [-0.2, -0.15) is 0 Å². The van der Waals surface area contributed by atoms with E-state index in [4.69, 9.17) is 20.1 Å². The van der Waals surface area contributed by atoms with Crippen LogP contribution in [-0.4, -0.2) is 132 Å². The molecule has 0 radical (unpaired) electrons. The topological polar surface area (TPSA) is 326 Å². The fraction of sp³-hybridized carbons (Fsp3) is 0.722. The van der Waals surface area contributed by atoms with Crippen LogP contribution >= 0.6 is 14.5 Å². The van der Waals surface area contributed by atoms with Gasteiger partial charge in [0.05, 0.1) is 31.7 Å². The highest BCUT2D eigenvalue weighted by molar-refractivity contribution is 8.08. The quantitative estimate of drug-likeness (QED) is 0.0681. The zero-order chi connectivity index (χ0) is 30.9. The van der Waals surface area contributed by atoms with Crippen LogP contribution in [0.2, 0.25) is 0 Å². The molecule has 2 aromatic rings. The number of nitrogens with two attached hydrogens (primary N) is 1. The van der Waals surface area contributed by atoms with Crippen molar-refractivity contribution in [3.63, 3.8) is 0 Å². The van der Waals surface area contributed by atoms with Gasteiger partial charge in [0.1, 0.15) is 42.4 Å². The summed E-state index contributed by atoms with van der Waals surface area (Å²) in [4.78, 5) is 31.9. The van der Waals surface area contributed by atoms with Crippen LogP contribution < -0.4 is 5.73 Å². The van der Waals surface area contributed by atoms with Crippen molar-refractivity contribution in [1.29, 1.82) is 0 Å². The Kier molecular flexibility index (Phi) is 11.3. The summed E-state index contributed by atoms with van der Waals surface area (Å²) in [5, 5.41) is 79.3. The van der Waals surface area contributed by atoms with Gasteiger partial charge >= 0.3 is 14.5 Å². The van der Waals surface area contributed by atoms with Gasteiger partial charge < -0.3 is 65.6 Å². The summed E-state index contributed by atoms with van der Waals surface area (Å²) in [6, 6.07) is 0. The molecule has 0 bridgehead atoms. The number of hydrogen-bond acceptors (Lipinski definition) is 18. The number of phosphoric acid groups is 1. The zero-order valence-corrected chi connectivity index (χ0v) is 23.6. The average Bonchev–Trinajstić information content (AvgIpc) is 3.45. The van der Waals surface area contributed by atoms with Gasteiger partial charge in [-0.1, -0.05) is 6.92 Å². The molecule has 1 fully saturated rings. The highest BCUT2D eigenvalue weighted by atomic mass is 32.5. The maximum atomic E-state index is 12.3. The number of aromatic nitrogens is 4. The standard InChI is InChI=1S/C18H31N5O15P2S/c1-6(7(25)2-24)10(26)12(28)14(30)18(31)37-39(32,33)38-40(34,41)35-3-8-11(27)13(29)17(36-8)23-5-22-9-15(19)20-4-21-16(9)23/h4-8,10-14,17-18,24-31H,2-3H2,1H3,(H,32,33)(H,34,41)(H2,19,20,21)/t6?,7-,8?,10?,11?,12?,13?,14?,17?,18?,40?/m1/s1. The third-order valence-electron chi connectivity index (χ3n) is 6.17. The second-order valence-electron chi connectivity index (χ2n) is 9.02. The zero-order valence-electron chi connectivity index (χ0n) is 21.0. The monoisotopic (exact) mass is 651 g/mol. The summed E-state index contributed by atoms with van der Waals surface area (Å²) in [5.41, 5.74) is 6.10. The van der Waals surface area contributed by atoms with Crippen LogP contribution in [0, 0.1) is 5.92 Å². The maximum Gasteiger partial charge on any atom is 0.481 e. The highest BCUT2D eigenvalue weighted by Crippen LogP contribution is 2.61. The van der Waals surface area contributed by atoms with Crippen molar-refractivity contribution in [3.05, 3.63) is 12.7 Å². The molecule has 0 saturated carbocycles. The van der Waals surface area contributed by atoms with E-state index in [9.17, 15) is 50.1 Å². The lowest BCUT2D eigenvalue weighted by atomic mass is 9.92. The third-order valence-corrected chi connectivity index (χ3v) is 9.70. The van der Waals surface area contributed by atoms with Crippen LogP contribution in [0.25, 0.3) is 11.2 Å². The molecule has 23 heteroatoms. The molecular formula is C18H31N5O15P2S. The second-order valence-corrected chi connectivity index (χ2v) is 13.4. The number of fused-ring (bicyclic) bond motifs is 1. The largest absolute Gasteiger partial charge is 0.481 e. The van der Waals surface area contributed by atoms with Crippen molar-refractivity contribution in [3.8, 4) is 0 Å². The maximum absolute atomic E-state index is 12.3. The van der Waals surface area contributed by atoms with Crippen molar-refractivity contribution in [1.82, 2.24) is 19.5 Å². The Morgan fingerprint density at radius 3 is 2.39 bits per heavy atom. The summed E-state index contributed by atoms with van der Waals surface area (Å²) in [7, 11) is -5.53. The third kappa shape index (κ3) is 7.99. The number of imidazole rings is 1. The number of aliphatic hydroxyl groups excluding tert-OH is 8. The number of nitrogens with zero attached hydrogens (tertiary/aromatic N) is 4. The first-order chi connectivity index (χ1) is 19.0. The number of rotatable bonds is 14. The van der Waals surface area contributed by atoms with Crippen molar-refractivity contribution in [2.45, 2.75) is 62.2 Å². The summed E-state index contributed by atoms with van der Waals surface area (Å²) in [6.45, 7) is -5.09. The molecule has 12 atom stereocenters. The minimum absolute atomic E-state index is 0.0498. The Labute approximate surface area is 236 Å². The molecule has 20 nitrogen and oxygen atoms in total. The molecule has 41 heavy (non-hydrogen) atoms. The predicted octanol–water partition coefficient (Wildman–Crippen LogP) is -4.21. The molecule has 0 aromatic carbocycles. The summed E-state index contributed by atoms with van der Waals surface area (Å²) in [6.07, 6.45) is -14.3. The summed E-state index contributed by atoms with van der Waals surface area (Å²) >= 11 is 4.65. The SMILES string of the molecule is CC(C(O)C(O)C(O)C(O)OP(=O)(O)OP(O)(=S)OCC1OC(n2cnc3c(N)ncnc32)C(O)C1O)[C@H](O)CO. The summed E-state index contributed by atoms with van der Waals surface area (Å²) in [5.74, 6) is -1.16. The number of ether oxygens (including phenoxy) is 1. The minimum atomic E-state index is -5.53. The predicted molar refractivity (Wildman–Crippen MR) is 136 cm³/mol. The number of anilines is 1. The van der Waals surface area contributed by atoms with E-state index in [2.05, 4.69) is 35.6 Å². The minimum Gasteiger partial charge on any atom is -0.394 e. The van der Waals surface area contributed by atoms with E-state index >= 15 is 0 Å². The fourth-order valence-corrected chi connectivity index (χ4v) is 6.83. The Balaban J connectivity index is 1.58. The van der Waals surface area contributed by atoms with Crippen LogP contribution in [-0.2, 0) is 34.5 Å². The van der Waals surface area contributed by atoms with E-state index in [1.807, 2.05) is 0 Å². The molecule has 3 heterocycles. The van der Waals surface area contributed by atoms with Crippen LogP contribution in [0.4, 0.5) is 5.82 Å². The Bertz CT molecular complexity index is 1280. The first-order valence-corrected chi connectivity index (χ1v) is 15.7. The molecule has 1 saturated heterocycles. The van der Waals surface area contributed by atoms with Gasteiger partial charge in [-0.25, -0.2) is 23.8 Å². The Hall–Kier alpha value is -1.33. The van der Waals surface area contributed by atoms with E-state index in [0.717, 1.165) is 6.33 Å². The van der Waals surface area contributed by atoms with Gasteiger partial charge in [-0.15, -0.1) is 0 Å². The van der Waals surface area contributed by atoms with E-state index in [0.29, 0.717) is 0 Å². The smallest absolute Gasteiger partial charge is 0.394 e. The number of hydrogen-bond donors (Lipinski definition) is 11. The fourth-order valence-electron chi connectivity index (χ4n) is 3.77. The van der Waals surface area contributed by atoms with E-state index in [1.54, 1.807) is 0 Å². The molecule has 3 rings (SSSR count). The summed E-state index contributed by atoms with van der Waals surface area (Å²) < 4.78 is 32.7. The molecule has 1 aliphatic heterocycles. The lowest BCUT2D eigenvalue weighted by Crippen LogP contribution is -2.49. The van der Waals surface area contributed by atoms with Gasteiger partial charge in [-0.05, 0) is 11.8 Å². The van der Waals surface area contributed by atoms with Crippen molar-refractivity contribution in [2.24, 2.45) is 5.92 Å². The van der Waals surface area contributed by atoms with E-state index < -0.39 is 88.9 Å². The van der Waals surface area contributed by atoms with Crippen LogP contribution in [0.3, 0.4) is 0 Å². The molecule has 0 amide bonds. The average molecular weight is 651 g/mol. The molecule has 11 unspecified atom stereocenters.